The van der Waals surface area contributed by atoms with Crippen molar-refractivity contribution in [3.8, 4) is 11.5 Å². The van der Waals surface area contributed by atoms with Crippen LogP contribution in [0.15, 0.2) is 48.5 Å². The van der Waals surface area contributed by atoms with Gasteiger partial charge in [0.15, 0.2) is 0 Å². The molecule has 2 nitrogen and oxygen atoms in total. The molecular weight excluding hydrogens is 281 g/mol. The number of rotatable bonds is 3. The van der Waals surface area contributed by atoms with Gasteiger partial charge in [-0.15, -0.1) is 13.2 Å². The second-order valence-electron chi connectivity index (χ2n) is 5.24. The predicted molar refractivity (Wildman–Crippen MR) is 73.4 cm³/mol. The van der Waals surface area contributed by atoms with Gasteiger partial charge in [-0.2, -0.15) is 0 Å². The van der Waals surface area contributed by atoms with Gasteiger partial charge in [-0.25, -0.2) is 0 Å². The van der Waals surface area contributed by atoms with Gasteiger partial charge in [0.2, 0.25) is 0 Å². The summed E-state index contributed by atoms with van der Waals surface area (Å²) in [4.78, 5) is 0. The molecule has 5 heteroatoms. The number of phenolic OH excluding ortho intramolecular Hbond substituents is 1. The van der Waals surface area contributed by atoms with E-state index in [1.807, 2.05) is 13.8 Å². The Bertz CT molecular complexity index is 599. The number of benzene rings is 2. The Kier molecular flexibility index (Phi) is 3.85. The molecule has 2 aromatic rings. The summed E-state index contributed by atoms with van der Waals surface area (Å²) in [7, 11) is 0. The van der Waals surface area contributed by atoms with Crippen molar-refractivity contribution in [3.05, 3.63) is 59.7 Å². The summed E-state index contributed by atoms with van der Waals surface area (Å²) < 4.78 is 40.3. The maximum Gasteiger partial charge on any atom is 0.573 e. The Hall–Kier alpha value is -2.17. The van der Waals surface area contributed by atoms with Crippen molar-refractivity contribution >= 4 is 0 Å². The number of alkyl halides is 3. The van der Waals surface area contributed by atoms with Crippen LogP contribution in [0.2, 0.25) is 0 Å². The van der Waals surface area contributed by atoms with Crippen LogP contribution in [-0.4, -0.2) is 11.5 Å². The summed E-state index contributed by atoms with van der Waals surface area (Å²) in [6.07, 6.45) is -4.69. The van der Waals surface area contributed by atoms with Crippen molar-refractivity contribution in [2.24, 2.45) is 0 Å². The molecule has 0 saturated heterocycles. The minimum Gasteiger partial charge on any atom is -0.508 e. The highest BCUT2D eigenvalue weighted by atomic mass is 19.4. The quantitative estimate of drug-likeness (QED) is 0.895. The van der Waals surface area contributed by atoms with Crippen molar-refractivity contribution in [1.29, 1.82) is 0 Å². The third-order valence-corrected chi connectivity index (χ3v) is 3.40. The molecule has 0 aliphatic carbocycles. The molecule has 1 N–H and O–H groups in total. The third-order valence-electron chi connectivity index (χ3n) is 3.40. The van der Waals surface area contributed by atoms with Crippen LogP contribution in [0.5, 0.6) is 11.5 Å². The number of hydrogen-bond donors (Lipinski definition) is 1. The Labute approximate surface area is 120 Å². The second kappa shape index (κ2) is 5.31. The third kappa shape index (κ3) is 3.68. The molecule has 0 aliphatic heterocycles. The van der Waals surface area contributed by atoms with Crippen molar-refractivity contribution in [2.45, 2.75) is 25.6 Å². The lowest BCUT2D eigenvalue weighted by atomic mass is 9.78. The molecule has 0 saturated carbocycles. The van der Waals surface area contributed by atoms with Crippen LogP contribution in [0.25, 0.3) is 0 Å². The van der Waals surface area contributed by atoms with Gasteiger partial charge in [-0.3, -0.25) is 0 Å². The topological polar surface area (TPSA) is 29.5 Å². The van der Waals surface area contributed by atoms with E-state index in [-0.39, 0.29) is 11.5 Å². The fourth-order valence-electron chi connectivity index (χ4n) is 2.12. The average molecular weight is 296 g/mol. The Morgan fingerprint density at radius 3 is 1.67 bits per heavy atom. The minimum absolute atomic E-state index is 0.170. The van der Waals surface area contributed by atoms with E-state index in [1.54, 1.807) is 36.4 Å². The Balaban J connectivity index is 2.26. The van der Waals surface area contributed by atoms with Gasteiger partial charge in [0.1, 0.15) is 11.5 Å². The molecule has 0 radical (unpaired) electrons. The molecule has 0 aromatic heterocycles. The van der Waals surface area contributed by atoms with Crippen molar-refractivity contribution < 1.29 is 23.0 Å². The number of halogens is 3. The Morgan fingerprint density at radius 1 is 0.810 bits per heavy atom. The van der Waals surface area contributed by atoms with E-state index in [0.717, 1.165) is 11.1 Å². The number of phenols is 1. The smallest absolute Gasteiger partial charge is 0.508 e. The molecule has 0 spiro atoms. The fourth-order valence-corrected chi connectivity index (χ4v) is 2.12. The van der Waals surface area contributed by atoms with Crippen LogP contribution >= 0.6 is 0 Å². The second-order valence-corrected chi connectivity index (χ2v) is 5.24. The zero-order valence-electron chi connectivity index (χ0n) is 11.6. The van der Waals surface area contributed by atoms with Crippen LogP contribution < -0.4 is 4.74 Å². The number of ether oxygens (including phenoxy) is 1. The van der Waals surface area contributed by atoms with Gasteiger partial charge >= 0.3 is 6.36 Å². The van der Waals surface area contributed by atoms with Crippen LogP contribution in [-0.2, 0) is 5.41 Å². The van der Waals surface area contributed by atoms with Crippen LogP contribution in [0.3, 0.4) is 0 Å². The first-order chi connectivity index (χ1) is 9.68. The molecule has 0 heterocycles. The molecular formula is C16H15F3O2. The largest absolute Gasteiger partial charge is 0.573 e. The standard InChI is InChI=1S/C16H15F3O2/c1-15(2,11-3-7-13(20)8-4-11)12-5-9-14(10-6-12)21-16(17,18)19/h3-10,20H,1-2H3. The Morgan fingerprint density at radius 2 is 1.24 bits per heavy atom. The SMILES string of the molecule is CC(C)(c1ccc(O)cc1)c1ccc(OC(F)(F)F)cc1. The summed E-state index contributed by atoms with van der Waals surface area (Å²) in [6, 6.07) is 12.5. The van der Waals surface area contributed by atoms with E-state index in [1.165, 1.54) is 12.1 Å². The first-order valence-electron chi connectivity index (χ1n) is 6.34. The summed E-state index contributed by atoms with van der Waals surface area (Å²) >= 11 is 0. The maximum atomic E-state index is 12.1. The van der Waals surface area contributed by atoms with E-state index < -0.39 is 11.8 Å². The molecule has 2 rings (SSSR count). The highest BCUT2D eigenvalue weighted by Gasteiger charge is 2.31. The molecule has 0 amide bonds. The molecule has 2 aromatic carbocycles. The predicted octanol–water partition coefficient (Wildman–Crippen LogP) is 4.62. The van der Waals surface area contributed by atoms with Gasteiger partial charge in [0.25, 0.3) is 0 Å². The highest BCUT2D eigenvalue weighted by Crippen LogP contribution is 2.33. The molecule has 0 aliphatic rings. The average Bonchev–Trinajstić information content (AvgIpc) is 2.38. The molecule has 0 unspecified atom stereocenters. The van der Waals surface area contributed by atoms with Crippen molar-refractivity contribution in [2.75, 3.05) is 0 Å². The number of aromatic hydroxyl groups is 1. The first-order valence-corrected chi connectivity index (χ1v) is 6.34. The zero-order valence-corrected chi connectivity index (χ0v) is 11.6. The van der Waals surface area contributed by atoms with Gasteiger partial charge in [-0.1, -0.05) is 38.1 Å². The van der Waals surface area contributed by atoms with E-state index in [0.29, 0.717) is 0 Å². The summed E-state index contributed by atoms with van der Waals surface area (Å²) in [5, 5.41) is 9.31. The normalized spacial score (nSPS) is 12.2. The van der Waals surface area contributed by atoms with E-state index in [2.05, 4.69) is 4.74 Å². The zero-order chi connectivity index (χ0) is 15.7. The van der Waals surface area contributed by atoms with E-state index in [9.17, 15) is 18.3 Å². The van der Waals surface area contributed by atoms with Crippen molar-refractivity contribution in [3.63, 3.8) is 0 Å². The molecule has 0 atom stereocenters. The lowest BCUT2D eigenvalue weighted by Gasteiger charge is -2.26. The van der Waals surface area contributed by atoms with Gasteiger partial charge in [-0.05, 0) is 35.4 Å². The van der Waals surface area contributed by atoms with E-state index >= 15 is 0 Å². The van der Waals surface area contributed by atoms with Gasteiger partial charge in [0, 0.05) is 5.41 Å². The summed E-state index contributed by atoms with van der Waals surface area (Å²) in [5.41, 5.74) is 1.40. The molecule has 21 heavy (non-hydrogen) atoms. The van der Waals surface area contributed by atoms with Crippen LogP contribution in [0.4, 0.5) is 13.2 Å². The first kappa shape index (κ1) is 15.2. The van der Waals surface area contributed by atoms with Gasteiger partial charge < -0.3 is 9.84 Å². The molecule has 112 valence electrons. The van der Waals surface area contributed by atoms with E-state index in [4.69, 9.17) is 0 Å². The van der Waals surface area contributed by atoms with Gasteiger partial charge in [0.05, 0.1) is 0 Å². The maximum absolute atomic E-state index is 12.1. The molecule has 0 fully saturated rings. The number of hydrogen-bond acceptors (Lipinski definition) is 2. The summed E-state index contributed by atoms with van der Waals surface area (Å²) in [5.74, 6) is -0.0729. The van der Waals surface area contributed by atoms with Crippen molar-refractivity contribution in [1.82, 2.24) is 0 Å². The lowest BCUT2D eigenvalue weighted by molar-refractivity contribution is -0.274. The monoisotopic (exact) mass is 296 g/mol. The van der Waals surface area contributed by atoms with Crippen LogP contribution in [0, 0.1) is 0 Å². The lowest BCUT2D eigenvalue weighted by Crippen LogP contribution is -2.19. The molecule has 0 bridgehead atoms. The summed E-state index contributed by atoms with van der Waals surface area (Å²) in [6.45, 7) is 3.91. The highest BCUT2D eigenvalue weighted by molar-refractivity contribution is 5.41. The minimum atomic E-state index is -4.69. The van der Waals surface area contributed by atoms with Crippen LogP contribution in [0.1, 0.15) is 25.0 Å². The fraction of sp³-hybridized carbons (Fsp3) is 0.250.